The van der Waals surface area contributed by atoms with E-state index in [9.17, 15) is 9.18 Å². The van der Waals surface area contributed by atoms with Gasteiger partial charge in [0.2, 0.25) is 0 Å². The van der Waals surface area contributed by atoms with E-state index in [4.69, 9.17) is 0 Å². The van der Waals surface area contributed by atoms with E-state index >= 15 is 0 Å². The SMILES string of the molecule is CCN(C(=O)c1cn[nH]n1)c1ccc(F)cc1. The van der Waals surface area contributed by atoms with Crippen molar-refractivity contribution in [3.8, 4) is 0 Å². The maximum Gasteiger partial charge on any atom is 0.280 e. The number of nitrogens with one attached hydrogen (secondary N) is 1. The second-order valence-corrected chi connectivity index (χ2v) is 3.38. The summed E-state index contributed by atoms with van der Waals surface area (Å²) in [5.41, 5.74) is 0.859. The summed E-state index contributed by atoms with van der Waals surface area (Å²) in [6.07, 6.45) is 1.36. The average Bonchev–Trinajstić information content (AvgIpc) is 2.86. The molecule has 1 aromatic carbocycles. The van der Waals surface area contributed by atoms with Crippen LogP contribution in [0.1, 0.15) is 17.4 Å². The topological polar surface area (TPSA) is 61.9 Å². The molecule has 0 radical (unpaired) electrons. The number of hydrogen-bond acceptors (Lipinski definition) is 3. The maximum absolute atomic E-state index is 12.8. The van der Waals surface area contributed by atoms with Gasteiger partial charge < -0.3 is 4.90 Å². The van der Waals surface area contributed by atoms with Crippen LogP contribution in [0.3, 0.4) is 0 Å². The first-order valence-electron chi connectivity index (χ1n) is 5.15. The molecule has 0 saturated carbocycles. The maximum atomic E-state index is 12.8. The third-order valence-electron chi connectivity index (χ3n) is 2.33. The average molecular weight is 234 g/mol. The Morgan fingerprint density at radius 3 is 2.65 bits per heavy atom. The number of benzene rings is 1. The zero-order valence-corrected chi connectivity index (χ0v) is 9.22. The molecular formula is C11H11FN4O. The van der Waals surface area contributed by atoms with E-state index < -0.39 is 0 Å². The lowest BCUT2D eigenvalue weighted by molar-refractivity contribution is 0.0983. The van der Waals surface area contributed by atoms with E-state index in [1.807, 2.05) is 6.92 Å². The van der Waals surface area contributed by atoms with Gasteiger partial charge in [-0.1, -0.05) is 0 Å². The van der Waals surface area contributed by atoms with Crippen molar-refractivity contribution in [2.45, 2.75) is 6.92 Å². The smallest absolute Gasteiger partial charge is 0.280 e. The summed E-state index contributed by atoms with van der Waals surface area (Å²) in [5, 5.41) is 9.69. The lowest BCUT2D eigenvalue weighted by atomic mass is 10.2. The molecule has 5 nitrogen and oxygen atoms in total. The van der Waals surface area contributed by atoms with Crippen LogP contribution in [0.15, 0.2) is 30.5 Å². The highest BCUT2D eigenvalue weighted by atomic mass is 19.1. The number of nitrogens with zero attached hydrogens (tertiary/aromatic N) is 3. The van der Waals surface area contributed by atoms with Gasteiger partial charge in [0, 0.05) is 12.2 Å². The lowest BCUT2D eigenvalue weighted by Crippen LogP contribution is -2.30. The van der Waals surface area contributed by atoms with Crippen LogP contribution >= 0.6 is 0 Å². The molecule has 1 N–H and O–H groups in total. The molecule has 2 rings (SSSR count). The number of anilines is 1. The molecule has 88 valence electrons. The molecule has 0 aliphatic heterocycles. The van der Waals surface area contributed by atoms with Gasteiger partial charge in [0.1, 0.15) is 5.82 Å². The first-order valence-corrected chi connectivity index (χ1v) is 5.15. The Kier molecular flexibility index (Phi) is 3.13. The van der Waals surface area contributed by atoms with E-state index in [2.05, 4.69) is 15.4 Å². The minimum absolute atomic E-state index is 0.233. The van der Waals surface area contributed by atoms with Crippen LogP contribution < -0.4 is 4.90 Å². The Bertz CT molecular complexity index is 495. The van der Waals surface area contributed by atoms with E-state index in [0.29, 0.717) is 12.2 Å². The molecule has 0 bridgehead atoms. The Morgan fingerprint density at radius 1 is 1.41 bits per heavy atom. The summed E-state index contributed by atoms with van der Waals surface area (Å²) >= 11 is 0. The monoisotopic (exact) mass is 234 g/mol. The van der Waals surface area contributed by atoms with Crippen molar-refractivity contribution >= 4 is 11.6 Å². The predicted octanol–water partition coefficient (Wildman–Crippen LogP) is 1.61. The van der Waals surface area contributed by atoms with Crippen LogP contribution in [0.25, 0.3) is 0 Å². The summed E-state index contributed by atoms with van der Waals surface area (Å²) < 4.78 is 12.8. The largest absolute Gasteiger partial charge is 0.307 e. The molecule has 0 aliphatic rings. The van der Waals surface area contributed by atoms with Crippen LogP contribution in [0.4, 0.5) is 10.1 Å². The van der Waals surface area contributed by atoms with Crippen molar-refractivity contribution in [1.29, 1.82) is 0 Å². The highest BCUT2D eigenvalue weighted by Crippen LogP contribution is 2.16. The molecule has 0 atom stereocenters. The van der Waals surface area contributed by atoms with Crippen molar-refractivity contribution in [2.24, 2.45) is 0 Å². The fraction of sp³-hybridized carbons (Fsp3) is 0.182. The predicted molar refractivity (Wildman–Crippen MR) is 60.1 cm³/mol. The Hall–Kier alpha value is -2.24. The highest BCUT2D eigenvalue weighted by molar-refractivity contribution is 6.04. The van der Waals surface area contributed by atoms with Crippen LogP contribution in [0.2, 0.25) is 0 Å². The molecule has 0 unspecified atom stereocenters. The zero-order chi connectivity index (χ0) is 12.3. The quantitative estimate of drug-likeness (QED) is 0.877. The third kappa shape index (κ3) is 2.30. The zero-order valence-electron chi connectivity index (χ0n) is 9.22. The van der Waals surface area contributed by atoms with E-state index in [-0.39, 0.29) is 17.4 Å². The summed E-state index contributed by atoms with van der Waals surface area (Å²) in [4.78, 5) is 13.5. The van der Waals surface area contributed by atoms with Crippen molar-refractivity contribution in [3.05, 3.63) is 42.0 Å². The fourth-order valence-corrected chi connectivity index (χ4v) is 1.51. The lowest BCUT2D eigenvalue weighted by Gasteiger charge is -2.19. The number of aromatic amines is 1. The minimum atomic E-state index is -0.335. The molecule has 0 aliphatic carbocycles. The molecular weight excluding hydrogens is 223 g/mol. The Balaban J connectivity index is 2.28. The van der Waals surface area contributed by atoms with Crippen molar-refractivity contribution in [2.75, 3.05) is 11.4 Å². The number of aromatic nitrogens is 3. The number of rotatable bonds is 3. The summed E-state index contributed by atoms with van der Waals surface area (Å²) in [5.74, 6) is -0.605. The van der Waals surface area contributed by atoms with Gasteiger partial charge in [-0.15, -0.1) is 0 Å². The summed E-state index contributed by atoms with van der Waals surface area (Å²) in [6.45, 7) is 2.30. The van der Waals surface area contributed by atoms with E-state index in [0.717, 1.165) is 0 Å². The molecule has 0 spiro atoms. The van der Waals surface area contributed by atoms with Gasteiger partial charge in [0.15, 0.2) is 5.69 Å². The number of hydrogen-bond donors (Lipinski definition) is 1. The van der Waals surface area contributed by atoms with Gasteiger partial charge in [-0.25, -0.2) is 4.39 Å². The second kappa shape index (κ2) is 4.73. The number of carbonyl (C=O) groups is 1. The molecule has 0 saturated heterocycles. The van der Waals surface area contributed by atoms with E-state index in [1.165, 1.54) is 23.2 Å². The second-order valence-electron chi connectivity index (χ2n) is 3.38. The molecule has 1 aromatic heterocycles. The van der Waals surface area contributed by atoms with Crippen LogP contribution in [0, 0.1) is 5.82 Å². The van der Waals surface area contributed by atoms with Crippen LogP contribution in [-0.2, 0) is 0 Å². The minimum Gasteiger partial charge on any atom is -0.307 e. The van der Waals surface area contributed by atoms with Crippen LogP contribution in [-0.4, -0.2) is 27.9 Å². The van der Waals surface area contributed by atoms with Gasteiger partial charge >= 0.3 is 0 Å². The molecule has 0 fully saturated rings. The van der Waals surface area contributed by atoms with Gasteiger partial charge in [-0.3, -0.25) is 4.79 Å². The first kappa shape index (κ1) is 11.3. The molecule has 2 aromatic rings. The van der Waals surface area contributed by atoms with Crippen molar-refractivity contribution in [1.82, 2.24) is 15.4 Å². The van der Waals surface area contributed by atoms with Gasteiger partial charge in [-0.05, 0) is 31.2 Å². The summed E-state index contributed by atoms with van der Waals surface area (Å²) in [6, 6.07) is 5.73. The Labute approximate surface area is 97.3 Å². The molecule has 17 heavy (non-hydrogen) atoms. The molecule has 6 heteroatoms. The number of halogens is 1. The third-order valence-corrected chi connectivity index (χ3v) is 2.33. The number of carbonyl (C=O) groups excluding carboxylic acids is 1. The first-order chi connectivity index (χ1) is 8.22. The highest BCUT2D eigenvalue weighted by Gasteiger charge is 2.18. The van der Waals surface area contributed by atoms with Crippen LogP contribution in [0.5, 0.6) is 0 Å². The Morgan fingerprint density at radius 2 is 2.12 bits per heavy atom. The van der Waals surface area contributed by atoms with Gasteiger partial charge in [0.25, 0.3) is 5.91 Å². The molecule has 1 heterocycles. The van der Waals surface area contributed by atoms with Gasteiger partial charge in [-0.2, -0.15) is 15.4 Å². The standard InChI is InChI=1S/C11H11FN4O/c1-2-16(9-5-3-8(12)4-6-9)11(17)10-7-13-15-14-10/h3-7H,2H2,1H3,(H,13,14,15). The van der Waals surface area contributed by atoms with E-state index in [1.54, 1.807) is 12.1 Å². The number of amides is 1. The normalized spacial score (nSPS) is 10.2. The molecule has 1 amide bonds. The number of H-pyrrole nitrogens is 1. The van der Waals surface area contributed by atoms with Gasteiger partial charge in [0.05, 0.1) is 6.20 Å². The van der Waals surface area contributed by atoms with Crippen molar-refractivity contribution in [3.63, 3.8) is 0 Å². The summed E-state index contributed by atoms with van der Waals surface area (Å²) in [7, 11) is 0. The van der Waals surface area contributed by atoms with Crippen molar-refractivity contribution < 1.29 is 9.18 Å². The fourth-order valence-electron chi connectivity index (χ4n) is 1.51.